The van der Waals surface area contributed by atoms with Gasteiger partial charge in [-0.1, -0.05) is 23.7 Å². The monoisotopic (exact) mass is 589 g/mol. The number of pyridine rings is 1. The molecule has 0 unspecified atom stereocenters. The lowest BCUT2D eigenvalue weighted by molar-refractivity contribution is -0.246. The van der Waals surface area contributed by atoms with Gasteiger partial charge in [-0.05, 0) is 67.3 Å². The van der Waals surface area contributed by atoms with E-state index in [2.05, 4.69) is 9.88 Å². The molecule has 1 aliphatic heterocycles. The van der Waals surface area contributed by atoms with E-state index >= 15 is 0 Å². The number of nitrogens with zero attached hydrogens (tertiary/aromatic N) is 5. The second-order valence-corrected chi connectivity index (χ2v) is 11.5. The second-order valence-electron chi connectivity index (χ2n) is 11.0. The molecule has 1 aliphatic carbocycles. The molecule has 1 fully saturated rings. The first-order valence-electron chi connectivity index (χ1n) is 13.2. The predicted octanol–water partition coefficient (Wildman–Crippen LogP) is 5.41. The van der Waals surface area contributed by atoms with Crippen molar-refractivity contribution in [2.75, 3.05) is 26.2 Å². The van der Waals surface area contributed by atoms with Gasteiger partial charge in [0.25, 0.3) is 0 Å². The first-order valence-corrected chi connectivity index (χ1v) is 13.5. The quantitative estimate of drug-likeness (QED) is 0.438. The first kappa shape index (κ1) is 29.1. The lowest BCUT2D eigenvalue weighted by Crippen LogP contribution is -2.53. The smallest absolute Gasteiger partial charge is 0.427 e. The largest absolute Gasteiger partial charge is 0.434 e. The van der Waals surface area contributed by atoms with E-state index in [4.69, 9.17) is 21.3 Å². The SMILES string of the molecule is Cn1cncc1[C@](C)(O)C1=Cc2cccnc2[C@@H](N2CCN(C(=O)OC(C)(C)C(F)(F)F)CC2)c2ccc(Cl)cc21. The fraction of sp³-hybridized carbons (Fsp3) is 0.414. The van der Waals surface area contributed by atoms with Crippen LogP contribution in [-0.2, 0) is 17.4 Å². The third-order valence-corrected chi connectivity index (χ3v) is 8.07. The van der Waals surface area contributed by atoms with Crippen molar-refractivity contribution in [2.45, 2.75) is 44.2 Å². The molecule has 1 N–H and O–H groups in total. The number of halogens is 4. The third-order valence-electron chi connectivity index (χ3n) is 7.83. The summed E-state index contributed by atoms with van der Waals surface area (Å²) in [4.78, 5) is 25.0. The maximum absolute atomic E-state index is 13.3. The maximum Gasteiger partial charge on any atom is 0.427 e. The Morgan fingerprint density at radius 2 is 1.83 bits per heavy atom. The Hall–Kier alpha value is -3.41. The Balaban J connectivity index is 1.51. The molecule has 1 saturated heterocycles. The second kappa shape index (κ2) is 10.5. The van der Waals surface area contributed by atoms with Gasteiger partial charge in [-0.2, -0.15) is 13.2 Å². The standard InChI is InChI=1S/C29H31ClF3N5O3/c1-27(2,29(31,32)33)41-26(39)38-12-10-37(11-13-38)25-20-8-7-19(30)15-21(20)22(14-18-6-5-9-35-24(18)25)28(3,40)23-16-34-17-36(23)4/h5-9,14-17,25,40H,10-13H2,1-4H3/t25-,28+/m0/s1. The number of benzene rings is 1. The minimum absolute atomic E-state index is 0.168. The number of alkyl halides is 3. The molecule has 2 aromatic heterocycles. The zero-order valence-corrected chi connectivity index (χ0v) is 23.9. The minimum Gasteiger partial charge on any atom is -0.434 e. The van der Waals surface area contributed by atoms with E-state index in [-0.39, 0.29) is 19.1 Å². The number of imidazole rings is 1. The number of piperazine rings is 1. The van der Waals surface area contributed by atoms with Crippen LogP contribution >= 0.6 is 11.6 Å². The molecule has 3 aromatic rings. The number of ether oxygens (including phenoxy) is 1. The number of aryl methyl sites for hydroxylation is 1. The van der Waals surface area contributed by atoms with Gasteiger partial charge in [0.15, 0.2) is 0 Å². The number of rotatable bonds is 4. The molecular formula is C29H31ClF3N5O3. The Morgan fingerprint density at radius 3 is 2.46 bits per heavy atom. The highest BCUT2D eigenvalue weighted by Crippen LogP contribution is 2.46. The number of hydrogen-bond acceptors (Lipinski definition) is 6. The summed E-state index contributed by atoms with van der Waals surface area (Å²) in [5.41, 5.74) is 0.309. The fourth-order valence-electron chi connectivity index (χ4n) is 5.40. The normalized spacial score (nSPS) is 19.5. The van der Waals surface area contributed by atoms with Gasteiger partial charge in [0, 0.05) is 44.4 Å². The summed E-state index contributed by atoms with van der Waals surface area (Å²) in [6.45, 7) is 4.44. The number of aliphatic hydroxyl groups is 1. The summed E-state index contributed by atoms with van der Waals surface area (Å²) in [7, 11) is 1.81. The van der Waals surface area contributed by atoms with Crippen LogP contribution in [0.25, 0.3) is 11.6 Å². The van der Waals surface area contributed by atoms with Crippen LogP contribution in [0.4, 0.5) is 18.0 Å². The topological polar surface area (TPSA) is 83.7 Å². The number of fused-ring (bicyclic) bond motifs is 2. The van der Waals surface area contributed by atoms with E-state index < -0.39 is 23.5 Å². The van der Waals surface area contributed by atoms with Crippen LogP contribution in [0, 0.1) is 0 Å². The summed E-state index contributed by atoms with van der Waals surface area (Å²) in [5, 5.41) is 12.5. The first-order chi connectivity index (χ1) is 19.2. The molecule has 0 bridgehead atoms. The summed E-state index contributed by atoms with van der Waals surface area (Å²) in [5.74, 6) is 0. The van der Waals surface area contributed by atoms with Crippen molar-refractivity contribution in [1.82, 2.24) is 24.3 Å². The lowest BCUT2D eigenvalue weighted by atomic mass is 9.84. The van der Waals surface area contributed by atoms with E-state index in [1.165, 1.54) is 4.90 Å². The van der Waals surface area contributed by atoms with E-state index in [0.717, 1.165) is 36.2 Å². The minimum atomic E-state index is -4.69. The number of amides is 1. The van der Waals surface area contributed by atoms with Gasteiger partial charge >= 0.3 is 12.3 Å². The third kappa shape index (κ3) is 5.33. The highest BCUT2D eigenvalue weighted by atomic mass is 35.5. The molecule has 1 aromatic carbocycles. The zero-order valence-electron chi connectivity index (χ0n) is 23.1. The Morgan fingerprint density at radius 1 is 1.12 bits per heavy atom. The fourth-order valence-corrected chi connectivity index (χ4v) is 5.57. The molecule has 2 atom stereocenters. The van der Waals surface area contributed by atoms with Crippen molar-refractivity contribution in [3.8, 4) is 0 Å². The summed E-state index contributed by atoms with van der Waals surface area (Å²) in [6.07, 6.45) is 1.17. The van der Waals surface area contributed by atoms with Gasteiger partial charge in [-0.25, -0.2) is 9.78 Å². The average molecular weight is 590 g/mol. The van der Waals surface area contributed by atoms with Crippen LogP contribution < -0.4 is 0 Å². The van der Waals surface area contributed by atoms with Gasteiger partial charge in [-0.3, -0.25) is 9.88 Å². The van der Waals surface area contributed by atoms with Crippen LogP contribution in [-0.4, -0.2) is 73.5 Å². The molecule has 0 spiro atoms. The van der Waals surface area contributed by atoms with E-state index in [9.17, 15) is 23.1 Å². The van der Waals surface area contributed by atoms with Crippen molar-refractivity contribution < 1.29 is 27.8 Å². The van der Waals surface area contributed by atoms with Crippen LogP contribution in [0.1, 0.15) is 54.9 Å². The van der Waals surface area contributed by atoms with E-state index in [1.54, 1.807) is 36.3 Å². The van der Waals surface area contributed by atoms with Gasteiger partial charge in [0.1, 0.15) is 5.60 Å². The molecule has 0 radical (unpaired) electrons. The van der Waals surface area contributed by atoms with Gasteiger partial charge in [0.05, 0.1) is 30.0 Å². The van der Waals surface area contributed by atoms with Crippen molar-refractivity contribution in [3.05, 3.63) is 82.2 Å². The summed E-state index contributed by atoms with van der Waals surface area (Å²) >= 11 is 6.49. The van der Waals surface area contributed by atoms with Gasteiger partial charge in [-0.15, -0.1) is 0 Å². The number of hydrogen-bond donors (Lipinski definition) is 1. The van der Waals surface area contributed by atoms with Crippen LogP contribution in [0.2, 0.25) is 5.02 Å². The molecule has 218 valence electrons. The molecule has 2 aliphatic rings. The molecule has 3 heterocycles. The molecule has 41 heavy (non-hydrogen) atoms. The number of carbonyl (C=O) groups is 1. The molecule has 12 heteroatoms. The molecule has 5 rings (SSSR count). The van der Waals surface area contributed by atoms with E-state index in [1.807, 2.05) is 37.4 Å². The van der Waals surface area contributed by atoms with Crippen molar-refractivity contribution in [1.29, 1.82) is 0 Å². The van der Waals surface area contributed by atoms with Gasteiger partial charge < -0.3 is 19.3 Å². The zero-order chi connectivity index (χ0) is 29.7. The highest BCUT2D eigenvalue weighted by Gasteiger charge is 2.51. The number of aromatic nitrogens is 3. The summed E-state index contributed by atoms with van der Waals surface area (Å²) in [6, 6.07) is 8.88. The lowest BCUT2D eigenvalue weighted by Gasteiger charge is -2.40. The molecule has 0 saturated carbocycles. The van der Waals surface area contributed by atoms with E-state index in [0.29, 0.717) is 29.4 Å². The van der Waals surface area contributed by atoms with Gasteiger partial charge in [0.2, 0.25) is 5.60 Å². The molecule has 1 amide bonds. The number of carbonyl (C=O) groups excluding carboxylic acids is 1. The highest BCUT2D eigenvalue weighted by molar-refractivity contribution is 6.30. The van der Waals surface area contributed by atoms with Crippen LogP contribution in [0.15, 0.2) is 49.1 Å². The molecular weight excluding hydrogens is 559 g/mol. The van der Waals surface area contributed by atoms with Crippen molar-refractivity contribution in [3.63, 3.8) is 0 Å². The Kier molecular flexibility index (Phi) is 7.42. The van der Waals surface area contributed by atoms with Crippen LogP contribution in [0.3, 0.4) is 0 Å². The Bertz CT molecular complexity index is 1490. The van der Waals surface area contributed by atoms with Crippen molar-refractivity contribution >= 4 is 29.3 Å². The summed E-state index contributed by atoms with van der Waals surface area (Å²) < 4.78 is 46.5. The maximum atomic E-state index is 13.3. The van der Waals surface area contributed by atoms with Crippen LogP contribution in [0.5, 0.6) is 0 Å². The Labute approximate surface area is 241 Å². The predicted molar refractivity (Wildman–Crippen MR) is 148 cm³/mol. The van der Waals surface area contributed by atoms with Crippen molar-refractivity contribution in [2.24, 2.45) is 7.05 Å². The average Bonchev–Trinajstić information content (AvgIpc) is 3.29. The molecule has 8 nitrogen and oxygen atoms in total.